The van der Waals surface area contributed by atoms with Gasteiger partial charge in [-0.2, -0.15) is 0 Å². The molecule has 1 atom stereocenters. The molecule has 0 saturated carbocycles. The number of carbonyl (C=O) groups is 2. The Bertz CT molecular complexity index is 1690. The molecule has 2 aromatic carbocycles. The van der Waals surface area contributed by atoms with E-state index in [1.807, 2.05) is 55.5 Å². The van der Waals surface area contributed by atoms with Gasteiger partial charge < -0.3 is 9.64 Å². The normalized spacial score (nSPS) is 17.6. The highest BCUT2D eigenvalue weighted by Crippen LogP contribution is 2.36. The number of amides is 1. The first-order valence-corrected chi connectivity index (χ1v) is 15.4. The molecule has 0 fully saturated rings. The summed E-state index contributed by atoms with van der Waals surface area (Å²) >= 11 is 1.23. The van der Waals surface area contributed by atoms with Crippen LogP contribution in [0, 0.1) is 0 Å². The quantitative estimate of drug-likeness (QED) is 0.330. The van der Waals surface area contributed by atoms with E-state index in [0.29, 0.717) is 45.1 Å². The van der Waals surface area contributed by atoms with Crippen molar-refractivity contribution in [2.45, 2.75) is 72.3 Å². The molecular weight excluding hydrogens is 534 g/mol. The van der Waals surface area contributed by atoms with Crippen LogP contribution < -0.4 is 19.8 Å². The van der Waals surface area contributed by atoms with Crippen molar-refractivity contribution in [1.82, 2.24) is 4.57 Å². The van der Waals surface area contributed by atoms with E-state index >= 15 is 0 Å². The Labute approximate surface area is 244 Å². The molecule has 0 radical (unpaired) electrons. The maximum atomic E-state index is 14.4. The van der Waals surface area contributed by atoms with Gasteiger partial charge in [0.05, 0.1) is 35.2 Å². The van der Waals surface area contributed by atoms with Gasteiger partial charge in [0.25, 0.3) is 11.5 Å². The molecule has 3 heterocycles. The molecule has 8 heteroatoms. The minimum absolute atomic E-state index is 0.166. The van der Waals surface area contributed by atoms with E-state index in [1.165, 1.54) is 16.9 Å². The fourth-order valence-corrected chi connectivity index (χ4v) is 6.70. The lowest BCUT2D eigenvalue weighted by molar-refractivity contribution is -0.139. The van der Waals surface area contributed by atoms with Crippen molar-refractivity contribution in [3.8, 4) is 0 Å². The zero-order valence-corrected chi connectivity index (χ0v) is 25.2. The molecule has 1 amide bonds. The summed E-state index contributed by atoms with van der Waals surface area (Å²) in [7, 11) is 0. The molecule has 3 aromatic rings. The highest BCUT2D eigenvalue weighted by atomic mass is 32.1. The third kappa shape index (κ3) is 5.10. The molecule has 2 aliphatic rings. The van der Waals surface area contributed by atoms with Gasteiger partial charge >= 0.3 is 5.97 Å². The summed E-state index contributed by atoms with van der Waals surface area (Å²) < 4.78 is 7.46. The topological polar surface area (TPSA) is 81.0 Å². The summed E-state index contributed by atoms with van der Waals surface area (Å²) in [4.78, 5) is 48.8. The number of ether oxygens (including phenoxy) is 1. The van der Waals surface area contributed by atoms with E-state index in [1.54, 1.807) is 16.4 Å². The number of fused-ring (bicyclic) bond motifs is 2. The Morgan fingerprint density at radius 1 is 1.02 bits per heavy atom. The summed E-state index contributed by atoms with van der Waals surface area (Å²) in [5.41, 5.74) is 4.66. The van der Waals surface area contributed by atoms with Gasteiger partial charge in [-0.25, -0.2) is 9.79 Å². The van der Waals surface area contributed by atoms with Crippen LogP contribution in [0.5, 0.6) is 0 Å². The Morgan fingerprint density at radius 3 is 2.41 bits per heavy atom. The number of unbranched alkanes of at least 4 members (excludes halogenated alkanes) is 1. The molecule has 0 bridgehead atoms. The number of rotatable bonds is 9. The maximum Gasteiger partial charge on any atom is 0.338 e. The van der Waals surface area contributed by atoms with Crippen molar-refractivity contribution in [3.05, 3.63) is 96.2 Å². The zero-order valence-electron chi connectivity index (χ0n) is 24.4. The van der Waals surface area contributed by atoms with E-state index in [4.69, 9.17) is 9.73 Å². The van der Waals surface area contributed by atoms with Crippen LogP contribution in [0.25, 0.3) is 5.57 Å². The number of carbonyl (C=O) groups excluding carboxylic acids is 2. The first-order valence-electron chi connectivity index (χ1n) is 14.6. The highest BCUT2D eigenvalue weighted by Gasteiger charge is 2.37. The third-order valence-corrected chi connectivity index (χ3v) is 8.73. The number of nitrogens with zero attached hydrogens (tertiary/aromatic N) is 3. The van der Waals surface area contributed by atoms with E-state index in [9.17, 15) is 14.4 Å². The Balaban J connectivity index is 1.80. The second-order valence-electron chi connectivity index (χ2n) is 10.8. The number of aromatic nitrogens is 1. The molecule has 5 rings (SSSR count). The van der Waals surface area contributed by atoms with Gasteiger partial charge in [-0.15, -0.1) is 0 Å². The van der Waals surface area contributed by atoms with E-state index in [-0.39, 0.29) is 18.1 Å². The predicted molar refractivity (Wildman–Crippen MR) is 163 cm³/mol. The second kappa shape index (κ2) is 12.0. The monoisotopic (exact) mass is 571 g/mol. The molecule has 2 aliphatic heterocycles. The molecule has 214 valence electrons. The number of hydrogen-bond acceptors (Lipinski definition) is 6. The molecule has 0 aliphatic carbocycles. The maximum absolute atomic E-state index is 14.4. The smallest absolute Gasteiger partial charge is 0.338 e. The van der Waals surface area contributed by atoms with Crippen molar-refractivity contribution in [2.24, 2.45) is 4.99 Å². The summed E-state index contributed by atoms with van der Waals surface area (Å²) in [5, 5.41) is 0. The van der Waals surface area contributed by atoms with Gasteiger partial charge in [-0.3, -0.25) is 14.2 Å². The standard InChI is InChI=1S/C33H37N3O4S/c1-6-9-19-35-25-14-11-10-13-23(25)26(30(35)37)29-31(38)36-28(22-17-15-21(16-18-22)20(4)5)27(32(39)40-8-3)24(12-7-2)34-33(36)41-29/h10-11,13-18,20,28H,6-9,12,19H2,1-5H3/b29-26+/t28-/m0/s1. The van der Waals surface area contributed by atoms with Gasteiger partial charge in [-0.1, -0.05) is 94.3 Å². The van der Waals surface area contributed by atoms with Crippen LogP contribution in [0.15, 0.2) is 69.6 Å². The Kier molecular flexibility index (Phi) is 8.40. The first-order chi connectivity index (χ1) is 19.8. The minimum atomic E-state index is -0.703. The molecule has 7 nitrogen and oxygen atoms in total. The molecule has 0 N–H and O–H groups in total. The number of anilines is 1. The van der Waals surface area contributed by atoms with E-state index < -0.39 is 12.0 Å². The Morgan fingerprint density at radius 2 is 1.76 bits per heavy atom. The van der Waals surface area contributed by atoms with Crippen LogP contribution in [0.4, 0.5) is 5.69 Å². The molecule has 1 aromatic heterocycles. The average Bonchev–Trinajstić information content (AvgIpc) is 3.43. The van der Waals surface area contributed by atoms with Gasteiger partial charge in [-0.05, 0) is 42.9 Å². The van der Waals surface area contributed by atoms with Crippen LogP contribution in [-0.2, 0) is 14.3 Å². The average molecular weight is 572 g/mol. The van der Waals surface area contributed by atoms with Gasteiger partial charge in [0.1, 0.15) is 4.53 Å². The third-order valence-electron chi connectivity index (χ3n) is 7.67. The van der Waals surface area contributed by atoms with Crippen LogP contribution in [0.3, 0.4) is 0 Å². The van der Waals surface area contributed by atoms with E-state index in [0.717, 1.165) is 36.1 Å². The fraction of sp³-hybridized carbons (Fsp3) is 0.394. The summed E-state index contributed by atoms with van der Waals surface area (Å²) in [5.74, 6) is -0.294. The largest absolute Gasteiger partial charge is 0.463 e. The van der Waals surface area contributed by atoms with Gasteiger partial charge in [0, 0.05) is 12.1 Å². The lowest BCUT2D eigenvalue weighted by Gasteiger charge is -2.26. The lowest BCUT2D eigenvalue weighted by atomic mass is 9.92. The van der Waals surface area contributed by atoms with Crippen molar-refractivity contribution in [2.75, 3.05) is 18.1 Å². The minimum Gasteiger partial charge on any atom is -0.463 e. The van der Waals surface area contributed by atoms with Crippen molar-refractivity contribution < 1.29 is 14.3 Å². The number of benzene rings is 2. The van der Waals surface area contributed by atoms with Crippen LogP contribution in [0.2, 0.25) is 0 Å². The zero-order chi connectivity index (χ0) is 29.3. The van der Waals surface area contributed by atoms with Crippen molar-refractivity contribution in [3.63, 3.8) is 0 Å². The Hall–Kier alpha value is -3.78. The summed E-state index contributed by atoms with van der Waals surface area (Å²) in [6.07, 6.45) is 3.16. The highest BCUT2D eigenvalue weighted by molar-refractivity contribution is 7.07. The number of esters is 1. The molecule has 0 spiro atoms. The number of hydrogen-bond donors (Lipinski definition) is 0. The SMILES string of the molecule is CCCCN1C(=O)/C(=c2/sc3n(c2=O)[C@@H](c2ccc(C(C)C)cc2)C(C(=O)OCC)=C(CCC)N=3)c2ccccc21. The number of thiazole rings is 1. The van der Waals surface area contributed by atoms with Crippen molar-refractivity contribution >= 4 is 34.5 Å². The van der Waals surface area contributed by atoms with Gasteiger partial charge in [0.15, 0.2) is 4.80 Å². The first kappa shape index (κ1) is 28.7. The van der Waals surface area contributed by atoms with Crippen molar-refractivity contribution in [1.29, 1.82) is 0 Å². The molecule has 41 heavy (non-hydrogen) atoms. The molecule has 0 unspecified atom stereocenters. The van der Waals surface area contributed by atoms with Gasteiger partial charge in [0.2, 0.25) is 0 Å². The van der Waals surface area contributed by atoms with Crippen LogP contribution in [-0.4, -0.2) is 29.6 Å². The number of para-hydroxylation sites is 1. The molecule has 0 saturated heterocycles. The lowest BCUT2D eigenvalue weighted by Crippen LogP contribution is -2.41. The number of allylic oxidation sites excluding steroid dienone is 1. The summed E-state index contributed by atoms with van der Waals surface area (Å²) in [6, 6.07) is 15.0. The molecular formula is C33H37N3O4S. The second-order valence-corrected chi connectivity index (χ2v) is 11.7. The van der Waals surface area contributed by atoms with E-state index in [2.05, 4.69) is 20.8 Å². The van der Waals surface area contributed by atoms with Crippen LogP contribution >= 0.6 is 11.3 Å². The fourth-order valence-electron chi connectivity index (χ4n) is 5.59. The van der Waals surface area contributed by atoms with Crippen LogP contribution in [0.1, 0.15) is 89.0 Å². The summed E-state index contributed by atoms with van der Waals surface area (Å²) in [6.45, 7) is 11.0. The predicted octanol–water partition coefficient (Wildman–Crippen LogP) is 5.22.